The first-order valence-electron chi connectivity index (χ1n) is 7.20. The van der Waals surface area contributed by atoms with Gasteiger partial charge in [0.25, 0.3) is 5.91 Å². The van der Waals surface area contributed by atoms with Gasteiger partial charge < -0.3 is 5.32 Å². The van der Waals surface area contributed by atoms with Crippen molar-refractivity contribution in [1.82, 2.24) is 15.1 Å². The molecule has 0 unspecified atom stereocenters. The smallest absolute Gasteiger partial charge is 0.348 e. The number of benzene rings is 1. The number of nitrogens with one attached hydrogen (secondary N) is 1. The van der Waals surface area contributed by atoms with Gasteiger partial charge >= 0.3 is 6.18 Å². The van der Waals surface area contributed by atoms with Crippen LogP contribution in [0.15, 0.2) is 30.3 Å². The van der Waals surface area contributed by atoms with E-state index in [1.54, 1.807) is 38.1 Å². The number of aromatic nitrogens is 2. The number of halogens is 3. The highest BCUT2D eigenvalue weighted by molar-refractivity contribution is 5.96. The lowest BCUT2D eigenvalue weighted by Gasteiger charge is -2.09. The molecule has 1 aromatic carbocycles. The summed E-state index contributed by atoms with van der Waals surface area (Å²) >= 11 is 0. The first-order chi connectivity index (χ1) is 10.7. The predicted octanol–water partition coefficient (Wildman–Crippen LogP) is 3.72. The molecule has 124 valence electrons. The van der Waals surface area contributed by atoms with E-state index in [-0.39, 0.29) is 18.3 Å². The molecule has 2 aromatic rings. The predicted molar refractivity (Wildman–Crippen MR) is 80.0 cm³/mol. The van der Waals surface area contributed by atoms with E-state index in [0.717, 1.165) is 5.56 Å². The van der Waals surface area contributed by atoms with Crippen molar-refractivity contribution in [2.75, 3.05) is 0 Å². The summed E-state index contributed by atoms with van der Waals surface area (Å²) in [7, 11) is 0. The van der Waals surface area contributed by atoms with Crippen molar-refractivity contribution in [3.05, 3.63) is 52.8 Å². The normalized spacial score (nSPS) is 11.8. The van der Waals surface area contributed by atoms with Gasteiger partial charge in [0.15, 0.2) is 5.69 Å². The fourth-order valence-electron chi connectivity index (χ4n) is 2.36. The number of hydrogen-bond donors (Lipinski definition) is 1. The number of rotatable bonds is 4. The van der Waals surface area contributed by atoms with Crippen LogP contribution in [0.1, 0.15) is 47.2 Å². The lowest BCUT2D eigenvalue weighted by Crippen LogP contribution is -2.26. The minimum atomic E-state index is -4.68. The Morgan fingerprint density at radius 1 is 1.26 bits per heavy atom. The fourth-order valence-corrected chi connectivity index (χ4v) is 2.36. The monoisotopic (exact) mass is 325 g/mol. The van der Waals surface area contributed by atoms with E-state index in [9.17, 15) is 18.0 Å². The van der Waals surface area contributed by atoms with Crippen molar-refractivity contribution in [3.63, 3.8) is 0 Å². The number of alkyl halides is 3. The molecular formula is C16H18F3N3O. The van der Waals surface area contributed by atoms with Gasteiger partial charge in [0, 0.05) is 18.3 Å². The van der Waals surface area contributed by atoms with Crippen LogP contribution in [0.4, 0.5) is 13.2 Å². The summed E-state index contributed by atoms with van der Waals surface area (Å²) in [6.45, 7) is 5.06. The van der Waals surface area contributed by atoms with Gasteiger partial charge in [0.2, 0.25) is 0 Å². The van der Waals surface area contributed by atoms with E-state index < -0.39 is 23.3 Å². The summed E-state index contributed by atoms with van der Waals surface area (Å²) in [5.41, 5.74) is -0.544. The molecular weight excluding hydrogens is 307 g/mol. The molecule has 0 bridgehead atoms. The molecule has 23 heavy (non-hydrogen) atoms. The standard InChI is InChI=1S/C16H18F3N3O/c1-10(2)22-11(3)13(14(21-22)16(17,18)19)15(23)20-9-12-7-5-4-6-8-12/h4-8,10H,9H2,1-3H3,(H,20,23). The average Bonchev–Trinajstić information content (AvgIpc) is 2.84. The molecule has 0 aliphatic carbocycles. The van der Waals surface area contributed by atoms with Crippen molar-refractivity contribution in [1.29, 1.82) is 0 Å². The van der Waals surface area contributed by atoms with E-state index in [1.165, 1.54) is 11.6 Å². The molecule has 0 atom stereocenters. The molecule has 0 spiro atoms. The molecule has 0 saturated carbocycles. The summed E-state index contributed by atoms with van der Waals surface area (Å²) in [6, 6.07) is 8.72. The van der Waals surface area contributed by atoms with E-state index in [1.807, 2.05) is 6.07 Å². The Bertz CT molecular complexity index is 691. The van der Waals surface area contributed by atoms with Gasteiger partial charge in [-0.2, -0.15) is 18.3 Å². The van der Waals surface area contributed by atoms with Crippen molar-refractivity contribution < 1.29 is 18.0 Å². The largest absolute Gasteiger partial charge is 0.435 e. The van der Waals surface area contributed by atoms with Crippen LogP contribution < -0.4 is 5.32 Å². The molecule has 1 amide bonds. The van der Waals surface area contributed by atoms with Crippen LogP contribution in [-0.2, 0) is 12.7 Å². The van der Waals surface area contributed by atoms with E-state index in [0.29, 0.717) is 0 Å². The van der Waals surface area contributed by atoms with Gasteiger partial charge in [0.05, 0.1) is 5.56 Å². The molecule has 1 aromatic heterocycles. The topological polar surface area (TPSA) is 46.9 Å². The third-order valence-corrected chi connectivity index (χ3v) is 3.43. The maximum absolute atomic E-state index is 13.2. The minimum Gasteiger partial charge on any atom is -0.348 e. The summed E-state index contributed by atoms with van der Waals surface area (Å²) in [6.07, 6.45) is -4.68. The number of amides is 1. The zero-order chi connectivity index (χ0) is 17.2. The summed E-state index contributed by atoms with van der Waals surface area (Å²) in [5.74, 6) is -0.773. The molecule has 0 saturated heterocycles. The lowest BCUT2D eigenvalue weighted by atomic mass is 10.1. The van der Waals surface area contributed by atoms with Crippen LogP contribution in [0.5, 0.6) is 0 Å². The molecule has 0 aliphatic heterocycles. The molecule has 1 heterocycles. The molecule has 1 N–H and O–H groups in total. The Labute approximate surface area is 132 Å². The highest BCUT2D eigenvalue weighted by Crippen LogP contribution is 2.33. The maximum Gasteiger partial charge on any atom is 0.435 e. The average molecular weight is 325 g/mol. The Hall–Kier alpha value is -2.31. The van der Waals surface area contributed by atoms with E-state index in [4.69, 9.17) is 0 Å². The summed E-state index contributed by atoms with van der Waals surface area (Å²) in [4.78, 5) is 12.3. The van der Waals surface area contributed by atoms with Gasteiger partial charge in [-0.1, -0.05) is 30.3 Å². The Morgan fingerprint density at radius 3 is 2.39 bits per heavy atom. The number of carbonyl (C=O) groups is 1. The summed E-state index contributed by atoms with van der Waals surface area (Å²) < 4.78 is 40.7. The Morgan fingerprint density at radius 2 is 1.87 bits per heavy atom. The molecule has 0 fully saturated rings. The van der Waals surface area contributed by atoms with Gasteiger partial charge in [-0.25, -0.2) is 0 Å². The highest BCUT2D eigenvalue weighted by Gasteiger charge is 2.40. The third kappa shape index (κ3) is 3.72. The van der Waals surface area contributed by atoms with Crippen LogP contribution in [0, 0.1) is 6.92 Å². The quantitative estimate of drug-likeness (QED) is 0.931. The first-order valence-corrected chi connectivity index (χ1v) is 7.20. The second-order valence-corrected chi connectivity index (χ2v) is 5.51. The maximum atomic E-state index is 13.2. The number of hydrogen-bond acceptors (Lipinski definition) is 2. The van der Waals surface area contributed by atoms with Crippen LogP contribution in [-0.4, -0.2) is 15.7 Å². The number of carbonyl (C=O) groups excluding carboxylic acids is 1. The minimum absolute atomic E-state index is 0.156. The zero-order valence-corrected chi connectivity index (χ0v) is 13.1. The second kappa shape index (κ2) is 6.44. The Kier molecular flexibility index (Phi) is 4.77. The van der Waals surface area contributed by atoms with Crippen LogP contribution in [0.25, 0.3) is 0 Å². The van der Waals surface area contributed by atoms with Gasteiger partial charge in [-0.05, 0) is 26.3 Å². The molecule has 4 nitrogen and oxygen atoms in total. The van der Waals surface area contributed by atoms with Gasteiger partial charge in [0.1, 0.15) is 0 Å². The summed E-state index contributed by atoms with van der Waals surface area (Å²) in [5, 5.41) is 6.12. The SMILES string of the molecule is Cc1c(C(=O)NCc2ccccc2)c(C(F)(F)F)nn1C(C)C. The van der Waals surface area contributed by atoms with Crippen LogP contribution in [0.3, 0.4) is 0 Å². The Balaban J connectivity index is 2.31. The van der Waals surface area contributed by atoms with Crippen LogP contribution in [0.2, 0.25) is 0 Å². The van der Waals surface area contributed by atoms with E-state index in [2.05, 4.69) is 10.4 Å². The van der Waals surface area contributed by atoms with Gasteiger partial charge in [-0.3, -0.25) is 9.48 Å². The van der Waals surface area contributed by atoms with Crippen molar-refractivity contribution in [3.8, 4) is 0 Å². The molecule has 2 rings (SSSR count). The van der Waals surface area contributed by atoms with E-state index >= 15 is 0 Å². The second-order valence-electron chi connectivity index (χ2n) is 5.51. The lowest BCUT2D eigenvalue weighted by molar-refractivity contribution is -0.141. The third-order valence-electron chi connectivity index (χ3n) is 3.43. The van der Waals surface area contributed by atoms with Crippen molar-refractivity contribution >= 4 is 5.91 Å². The fraction of sp³-hybridized carbons (Fsp3) is 0.375. The van der Waals surface area contributed by atoms with Crippen LogP contribution >= 0.6 is 0 Å². The molecule has 0 radical (unpaired) electrons. The first kappa shape index (κ1) is 17.1. The van der Waals surface area contributed by atoms with Crippen molar-refractivity contribution in [2.45, 2.75) is 39.5 Å². The zero-order valence-electron chi connectivity index (χ0n) is 13.1. The number of nitrogens with zero attached hydrogens (tertiary/aromatic N) is 2. The molecule has 7 heteroatoms. The highest BCUT2D eigenvalue weighted by atomic mass is 19.4. The molecule has 0 aliphatic rings. The van der Waals surface area contributed by atoms with Crippen molar-refractivity contribution in [2.24, 2.45) is 0 Å². The van der Waals surface area contributed by atoms with Gasteiger partial charge in [-0.15, -0.1) is 0 Å².